The molecule has 1 aliphatic heterocycles. The van der Waals surface area contributed by atoms with E-state index in [0.717, 1.165) is 6.42 Å². The van der Waals surface area contributed by atoms with Crippen LogP contribution in [0.25, 0.3) is 0 Å². The number of hydrogen-bond donors (Lipinski definition) is 3. The molecular formula is C9H20N2O2. The van der Waals surface area contributed by atoms with Crippen molar-refractivity contribution in [2.24, 2.45) is 17.4 Å². The molecule has 0 saturated carbocycles. The van der Waals surface area contributed by atoms with Gasteiger partial charge in [0.2, 0.25) is 0 Å². The summed E-state index contributed by atoms with van der Waals surface area (Å²) >= 11 is 0. The highest BCUT2D eigenvalue weighted by atomic mass is 16.5. The molecule has 1 rings (SSSR count). The molecule has 4 heteroatoms. The Balaban J connectivity index is 2.59. The molecule has 1 fully saturated rings. The van der Waals surface area contributed by atoms with E-state index in [1.807, 2.05) is 6.92 Å². The number of nitrogens with two attached hydrogens (primary N) is 2. The Morgan fingerprint density at radius 1 is 1.54 bits per heavy atom. The van der Waals surface area contributed by atoms with Crippen LogP contribution in [0.1, 0.15) is 19.8 Å². The van der Waals surface area contributed by atoms with Crippen molar-refractivity contribution in [1.82, 2.24) is 0 Å². The van der Waals surface area contributed by atoms with Crippen molar-refractivity contribution in [1.29, 1.82) is 0 Å². The van der Waals surface area contributed by atoms with E-state index in [-0.39, 0.29) is 12.0 Å². The van der Waals surface area contributed by atoms with E-state index in [9.17, 15) is 5.11 Å². The van der Waals surface area contributed by atoms with Crippen LogP contribution in [0.15, 0.2) is 0 Å². The lowest BCUT2D eigenvalue weighted by Gasteiger charge is -2.31. The molecule has 0 aromatic heterocycles. The Morgan fingerprint density at radius 2 is 2.23 bits per heavy atom. The Bertz CT molecular complexity index is 166. The van der Waals surface area contributed by atoms with Crippen LogP contribution in [0, 0.1) is 5.92 Å². The minimum absolute atomic E-state index is 0.160. The highest BCUT2D eigenvalue weighted by molar-refractivity contribution is 4.97. The molecule has 0 amide bonds. The first-order valence-electron chi connectivity index (χ1n) is 4.89. The van der Waals surface area contributed by atoms with Crippen molar-refractivity contribution in [2.45, 2.75) is 31.5 Å². The van der Waals surface area contributed by atoms with Crippen LogP contribution in [0.2, 0.25) is 0 Å². The summed E-state index contributed by atoms with van der Waals surface area (Å²) < 4.78 is 5.41. The van der Waals surface area contributed by atoms with E-state index < -0.39 is 5.60 Å². The normalized spacial score (nSPS) is 39.7. The zero-order valence-corrected chi connectivity index (χ0v) is 8.20. The van der Waals surface area contributed by atoms with Crippen LogP contribution in [0.3, 0.4) is 0 Å². The maximum Gasteiger partial charge on any atom is 0.0987 e. The summed E-state index contributed by atoms with van der Waals surface area (Å²) in [6, 6.07) is 0. The number of hydrogen-bond acceptors (Lipinski definition) is 4. The van der Waals surface area contributed by atoms with E-state index in [1.165, 1.54) is 0 Å². The summed E-state index contributed by atoms with van der Waals surface area (Å²) in [6.07, 6.45) is 1.29. The van der Waals surface area contributed by atoms with Crippen molar-refractivity contribution < 1.29 is 9.84 Å². The quantitative estimate of drug-likeness (QED) is 0.553. The summed E-state index contributed by atoms with van der Waals surface area (Å²) in [5.41, 5.74) is 10.2. The third kappa shape index (κ3) is 2.02. The maximum absolute atomic E-state index is 10.3. The highest BCUT2D eigenvalue weighted by Crippen LogP contribution is 2.34. The lowest BCUT2D eigenvalue weighted by Crippen LogP contribution is -2.46. The van der Waals surface area contributed by atoms with Gasteiger partial charge in [-0.1, -0.05) is 6.92 Å². The van der Waals surface area contributed by atoms with Crippen LogP contribution in [-0.4, -0.2) is 36.5 Å². The van der Waals surface area contributed by atoms with E-state index >= 15 is 0 Å². The van der Waals surface area contributed by atoms with Gasteiger partial charge in [-0.2, -0.15) is 0 Å². The van der Waals surface area contributed by atoms with Crippen molar-refractivity contribution in [3.8, 4) is 0 Å². The number of aliphatic hydroxyl groups is 1. The minimum atomic E-state index is -0.756. The average molecular weight is 188 g/mol. The number of rotatable bonds is 4. The molecular weight excluding hydrogens is 168 g/mol. The van der Waals surface area contributed by atoms with Gasteiger partial charge >= 0.3 is 0 Å². The molecule has 13 heavy (non-hydrogen) atoms. The second-order valence-corrected chi connectivity index (χ2v) is 3.84. The van der Waals surface area contributed by atoms with Gasteiger partial charge < -0.3 is 21.3 Å². The second kappa shape index (κ2) is 4.37. The van der Waals surface area contributed by atoms with Crippen LogP contribution in [0.4, 0.5) is 0 Å². The van der Waals surface area contributed by atoms with Crippen molar-refractivity contribution in [3.05, 3.63) is 0 Å². The molecule has 4 nitrogen and oxygen atoms in total. The molecule has 0 aromatic rings. The van der Waals surface area contributed by atoms with Crippen LogP contribution in [0.5, 0.6) is 0 Å². The zero-order valence-electron chi connectivity index (χ0n) is 8.20. The van der Waals surface area contributed by atoms with Gasteiger partial charge in [-0.15, -0.1) is 0 Å². The Hall–Kier alpha value is -0.160. The molecule has 0 bridgehead atoms. The lowest BCUT2D eigenvalue weighted by molar-refractivity contribution is -0.0522. The SMILES string of the molecule is CC1COC(CN)C1(O)CCCN. The molecule has 1 saturated heterocycles. The third-order valence-electron chi connectivity index (χ3n) is 2.95. The average Bonchev–Trinajstić information content (AvgIpc) is 2.41. The first kappa shape index (κ1) is 10.9. The summed E-state index contributed by atoms with van der Waals surface area (Å²) in [5.74, 6) is 0.160. The second-order valence-electron chi connectivity index (χ2n) is 3.84. The molecule has 1 heterocycles. The highest BCUT2D eigenvalue weighted by Gasteiger charge is 2.46. The first-order valence-corrected chi connectivity index (χ1v) is 4.89. The summed E-state index contributed by atoms with van der Waals surface area (Å²) in [5, 5.41) is 10.3. The van der Waals surface area contributed by atoms with Crippen molar-refractivity contribution in [2.75, 3.05) is 19.7 Å². The molecule has 3 atom stereocenters. The summed E-state index contributed by atoms with van der Waals surface area (Å²) in [6.45, 7) is 3.58. The fourth-order valence-electron chi connectivity index (χ4n) is 1.93. The predicted molar refractivity (Wildman–Crippen MR) is 51.2 cm³/mol. The molecule has 0 aliphatic carbocycles. The number of ether oxygens (including phenoxy) is 1. The predicted octanol–water partition coefficient (Wildman–Crippen LogP) is -0.550. The Morgan fingerprint density at radius 3 is 2.77 bits per heavy atom. The molecule has 0 spiro atoms. The standard InChI is InChI=1S/C9H20N2O2/c1-7-6-13-8(5-11)9(7,12)3-2-4-10/h7-8,12H,2-6,10-11H2,1H3. The van der Waals surface area contributed by atoms with Crippen LogP contribution >= 0.6 is 0 Å². The molecule has 0 aromatic carbocycles. The van der Waals surface area contributed by atoms with Gasteiger partial charge in [0.1, 0.15) is 0 Å². The van der Waals surface area contributed by atoms with Crippen molar-refractivity contribution in [3.63, 3.8) is 0 Å². The lowest BCUT2D eigenvalue weighted by atomic mass is 9.83. The van der Waals surface area contributed by atoms with Crippen molar-refractivity contribution >= 4 is 0 Å². The fraction of sp³-hybridized carbons (Fsp3) is 1.00. The van der Waals surface area contributed by atoms with E-state index in [4.69, 9.17) is 16.2 Å². The van der Waals surface area contributed by atoms with Gasteiger partial charge in [-0.25, -0.2) is 0 Å². The van der Waals surface area contributed by atoms with Gasteiger partial charge in [0.15, 0.2) is 0 Å². The molecule has 78 valence electrons. The van der Waals surface area contributed by atoms with Gasteiger partial charge in [-0.3, -0.25) is 0 Å². The Labute approximate surface area is 79.2 Å². The van der Waals surface area contributed by atoms with Crippen LogP contribution < -0.4 is 11.5 Å². The molecule has 1 aliphatic rings. The smallest absolute Gasteiger partial charge is 0.0987 e. The zero-order chi connectivity index (χ0) is 9.90. The molecule has 3 unspecified atom stereocenters. The largest absolute Gasteiger partial charge is 0.387 e. The van der Waals surface area contributed by atoms with Gasteiger partial charge in [0.05, 0.1) is 18.3 Å². The van der Waals surface area contributed by atoms with E-state index in [1.54, 1.807) is 0 Å². The maximum atomic E-state index is 10.3. The van der Waals surface area contributed by atoms with E-state index in [0.29, 0.717) is 26.1 Å². The first-order chi connectivity index (χ1) is 6.15. The minimum Gasteiger partial charge on any atom is -0.387 e. The van der Waals surface area contributed by atoms with Gasteiger partial charge in [0.25, 0.3) is 0 Å². The molecule has 0 radical (unpaired) electrons. The monoisotopic (exact) mass is 188 g/mol. The fourth-order valence-corrected chi connectivity index (χ4v) is 1.93. The van der Waals surface area contributed by atoms with Crippen LogP contribution in [-0.2, 0) is 4.74 Å². The Kier molecular flexibility index (Phi) is 3.67. The van der Waals surface area contributed by atoms with Gasteiger partial charge in [0, 0.05) is 12.5 Å². The van der Waals surface area contributed by atoms with E-state index in [2.05, 4.69) is 0 Å². The van der Waals surface area contributed by atoms with Gasteiger partial charge in [-0.05, 0) is 19.4 Å². The summed E-state index contributed by atoms with van der Waals surface area (Å²) in [4.78, 5) is 0. The molecule has 5 N–H and O–H groups in total. The summed E-state index contributed by atoms with van der Waals surface area (Å²) in [7, 11) is 0. The third-order valence-corrected chi connectivity index (χ3v) is 2.95. The topological polar surface area (TPSA) is 81.5 Å².